The maximum absolute atomic E-state index is 11.6. The van der Waals surface area contributed by atoms with Crippen LogP contribution < -0.4 is 16.0 Å². The summed E-state index contributed by atoms with van der Waals surface area (Å²) in [5.74, 6) is 1.46. The molecule has 2 heterocycles. The predicted molar refractivity (Wildman–Crippen MR) is 88.0 cm³/mol. The van der Waals surface area contributed by atoms with Gasteiger partial charge in [0.2, 0.25) is 11.8 Å². The molecule has 0 aromatic carbocycles. The minimum atomic E-state index is 0.0626. The maximum Gasteiger partial charge on any atom is 0.223 e. The first kappa shape index (κ1) is 16.1. The van der Waals surface area contributed by atoms with Crippen LogP contribution in [-0.2, 0) is 9.59 Å². The number of carbonyl (C=O) groups excluding carboxylic acids is 2. The van der Waals surface area contributed by atoms with Gasteiger partial charge in [-0.2, -0.15) is 0 Å². The molecular formula is C16H27N5O2. The number of amides is 2. The Balaban J connectivity index is 1.45. The highest BCUT2D eigenvalue weighted by Gasteiger charge is 2.42. The smallest absolute Gasteiger partial charge is 0.223 e. The van der Waals surface area contributed by atoms with E-state index in [2.05, 4.69) is 25.8 Å². The average molecular weight is 321 g/mol. The van der Waals surface area contributed by atoms with Crippen LogP contribution in [0.2, 0.25) is 0 Å². The zero-order valence-electron chi connectivity index (χ0n) is 13.9. The van der Waals surface area contributed by atoms with E-state index in [1.165, 1.54) is 0 Å². The lowest BCUT2D eigenvalue weighted by atomic mass is 9.79. The van der Waals surface area contributed by atoms with Crippen LogP contribution in [-0.4, -0.2) is 62.4 Å². The Morgan fingerprint density at radius 2 is 2.17 bits per heavy atom. The number of rotatable bonds is 4. The van der Waals surface area contributed by atoms with Crippen molar-refractivity contribution in [3.05, 3.63) is 0 Å². The van der Waals surface area contributed by atoms with Crippen molar-refractivity contribution in [1.82, 2.24) is 20.9 Å². The van der Waals surface area contributed by atoms with Gasteiger partial charge < -0.3 is 20.9 Å². The highest BCUT2D eigenvalue weighted by Crippen LogP contribution is 2.35. The minimum absolute atomic E-state index is 0.0626. The van der Waals surface area contributed by atoms with Crippen molar-refractivity contribution in [3.63, 3.8) is 0 Å². The van der Waals surface area contributed by atoms with Gasteiger partial charge in [0.15, 0.2) is 5.96 Å². The van der Waals surface area contributed by atoms with Gasteiger partial charge in [0, 0.05) is 57.5 Å². The van der Waals surface area contributed by atoms with Gasteiger partial charge in [-0.1, -0.05) is 0 Å². The Bertz CT molecular complexity index is 503. The number of nitrogens with one attached hydrogen (secondary N) is 3. The van der Waals surface area contributed by atoms with E-state index >= 15 is 0 Å². The summed E-state index contributed by atoms with van der Waals surface area (Å²) in [6.07, 6.45) is 4.86. The molecule has 1 atom stereocenters. The number of carbonyl (C=O) groups is 2. The molecule has 0 radical (unpaired) electrons. The molecule has 7 heteroatoms. The first-order valence-corrected chi connectivity index (χ1v) is 8.62. The Kier molecular flexibility index (Phi) is 4.73. The topological polar surface area (TPSA) is 85.8 Å². The van der Waals surface area contributed by atoms with Gasteiger partial charge in [-0.05, 0) is 25.7 Å². The normalized spacial score (nSPS) is 28.0. The van der Waals surface area contributed by atoms with Crippen LogP contribution in [0.5, 0.6) is 0 Å². The molecule has 2 saturated heterocycles. The molecule has 23 heavy (non-hydrogen) atoms. The first-order chi connectivity index (χ1) is 11.1. The highest BCUT2D eigenvalue weighted by molar-refractivity contribution is 5.82. The molecule has 0 bridgehead atoms. The second-order valence-electron chi connectivity index (χ2n) is 7.02. The summed E-state index contributed by atoms with van der Waals surface area (Å²) in [5, 5.41) is 9.24. The molecule has 2 amide bonds. The molecule has 0 aromatic heterocycles. The molecule has 1 unspecified atom stereocenters. The number of aliphatic imine (C=N–C) groups is 1. The minimum Gasteiger partial charge on any atom is -0.355 e. The zero-order chi connectivity index (χ0) is 16.3. The summed E-state index contributed by atoms with van der Waals surface area (Å²) in [7, 11) is 1.78. The summed E-state index contributed by atoms with van der Waals surface area (Å²) in [6, 6.07) is 0. The van der Waals surface area contributed by atoms with E-state index in [0.717, 1.165) is 51.3 Å². The average Bonchev–Trinajstić information content (AvgIpc) is 3.33. The van der Waals surface area contributed by atoms with Gasteiger partial charge in [0.1, 0.15) is 0 Å². The lowest BCUT2D eigenvalue weighted by Gasteiger charge is -2.40. The molecule has 1 saturated carbocycles. The van der Waals surface area contributed by atoms with Crippen molar-refractivity contribution in [3.8, 4) is 0 Å². The molecule has 1 aliphatic carbocycles. The fourth-order valence-corrected chi connectivity index (χ4v) is 3.61. The molecule has 3 fully saturated rings. The van der Waals surface area contributed by atoms with Crippen LogP contribution >= 0.6 is 0 Å². The van der Waals surface area contributed by atoms with E-state index in [4.69, 9.17) is 0 Å². The highest BCUT2D eigenvalue weighted by atomic mass is 16.2. The second kappa shape index (κ2) is 6.76. The Morgan fingerprint density at radius 1 is 1.39 bits per heavy atom. The molecule has 0 aromatic rings. The summed E-state index contributed by atoms with van der Waals surface area (Å²) < 4.78 is 0. The van der Waals surface area contributed by atoms with Crippen LogP contribution in [0.3, 0.4) is 0 Å². The fraction of sp³-hybridized carbons (Fsp3) is 0.812. The van der Waals surface area contributed by atoms with Crippen molar-refractivity contribution >= 4 is 17.8 Å². The number of hydrogen-bond acceptors (Lipinski definition) is 3. The zero-order valence-corrected chi connectivity index (χ0v) is 13.9. The van der Waals surface area contributed by atoms with Gasteiger partial charge >= 0.3 is 0 Å². The summed E-state index contributed by atoms with van der Waals surface area (Å²) in [6.45, 7) is 3.89. The molecule has 3 rings (SSSR count). The molecule has 3 aliphatic rings. The number of hydrogen-bond donors (Lipinski definition) is 3. The van der Waals surface area contributed by atoms with E-state index in [9.17, 15) is 9.59 Å². The largest absolute Gasteiger partial charge is 0.355 e. The van der Waals surface area contributed by atoms with Crippen LogP contribution in [0.15, 0.2) is 4.99 Å². The molecule has 1 spiro atoms. The van der Waals surface area contributed by atoms with Crippen LogP contribution in [0, 0.1) is 11.3 Å². The lowest BCUT2D eigenvalue weighted by molar-refractivity contribution is -0.122. The molecule has 3 N–H and O–H groups in total. The number of guanidine groups is 1. The van der Waals surface area contributed by atoms with Crippen molar-refractivity contribution in [2.24, 2.45) is 16.3 Å². The second-order valence-corrected chi connectivity index (χ2v) is 7.02. The lowest BCUT2D eigenvalue weighted by Crippen LogP contribution is -2.52. The Labute approximate surface area is 137 Å². The van der Waals surface area contributed by atoms with Gasteiger partial charge in [-0.25, -0.2) is 0 Å². The predicted octanol–water partition coefficient (Wildman–Crippen LogP) is -0.310. The first-order valence-electron chi connectivity index (χ1n) is 8.62. The standard InChI is InChI=1S/C16H27N5O2/c1-17-15(19-7-6-18-14(23)12-3-4-12)21-8-2-5-16(11-21)9-13(22)20-10-16/h12H,2-11H2,1H3,(H,17,19)(H,18,23)(H,20,22). The molecular weight excluding hydrogens is 294 g/mol. The van der Waals surface area contributed by atoms with Crippen molar-refractivity contribution < 1.29 is 9.59 Å². The van der Waals surface area contributed by atoms with Crippen molar-refractivity contribution in [2.75, 3.05) is 39.8 Å². The number of likely N-dealkylation sites (tertiary alicyclic amines) is 1. The molecule has 128 valence electrons. The van der Waals surface area contributed by atoms with Gasteiger partial charge in [-0.3, -0.25) is 14.6 Å². The van der Waals surface area contributed by atoms with Crippen LogP contribution in [0.1, 0.15) is 32.1 Å². The third-order valence-electron chi connectivity index (χ3n) is 5.02. The van der Waals surface area contributed by atoms with E-state index in [1.54, 1.807) is 7.05 Å². The summed E-state index contributed by atoms with van der Waals surface area (Å²) >= 11 is 0. The number of nitrogens with zero attached hydrogens (tertiary/aromatic N) is 2. The molecule has 7 nitrogen and oxygen atoms in total. The van der Waals surface area contributed by atoms with Crippen molar-refractivity contribution in [1.29, 1.82) is 0 Å². The van der Waals surface area contributed by atoms with Crippen molar-refractivity contribution in [2.45, 2.75) is 32.1 Å². The number of piperidine rings is 1. The van der Waals surface area contributed by atoms with Crippen LogP contribution in [0.4, 0.5) is 0 Å². The monoisotopic (exact) mass is 321 g/mol. The van der Waals surface area contributed by atoms with E-state index in [1.807, 2.05) is 0 Å². The van der Waals surface area contributed by atoms with E-state index < -0.39 is 0 Å². The third kappa shape index (κ3) is 3.95. The summed E-state index contributed by atoms with van der Waals surface area (Å²) in [5.41, 5.74) is 0.0626. The van der Waals surface area contributed by atoms with E-state index in [0.29, 0.717) is 19.5 Å². The maximum atomic E-state index is 11.6. The third-order valence-corrected chi connectivity index (χ3v) is 5.02. The van der Waals surface area contributed by atoms with E-state index in [-0.39, 0.29) is 23.1 Å². The summed E-state index contributed by atoms with van der Waals surface area (Å²) in [4.78, 5) is 29.8. The Morgan fingerprint density at radius 3 is 2.83 bits per heavy atom. The van der Waals surface area contributed by atoms with Crippen LogP contribution in [0.25, 0.3) is 0 Å². The Hall–Kier alpha value is -1.79. The quantitative estimate of drug-likeness (QED) is 0.377. The SMILES string of the molecule is CN=C(NCCNC(=O)C1CC1)N1CCCC2(CNC(=O)C2)C1. The molecule has 2 aliphatic heterocycles. The van der Waals surface area contributed by atoms with Gasteiger partial charge in [-0.15, -0.1) is 0 Å². The fourth-order valence-electron chi connectivity index (χ4n) is 3.61. The van der Waals surface area contributed by atoms with Gasteiger partial charge in [0.25, 0.3) is 0 Å². The van der Waals surface area contributed by atoms with Gasteiger partial charge in [0.05, 0.1) is 0 Å².